The molecule has 17 heavy (non-hydrogen) atoms. The summed E-state index contributed by atoms with van der Waals surface area (Å²) in [6, 6.07) is 5.86. The third kappa shape index (κ3) is 3.74. The summed E-state index contributed by atoms with van der Waals surface area (Å²) in [5.41, 5.74) is 0.629. The van der Waals surface area contributed by atoms with E-state index >= 15 is 0 Å². The summed E-state index contributed by atoms with van der Waals surface area (Å²) in [7, 11) is 0. The van der Waals surface area contributed by atoms with E-state index in [2.05, 4.69) is 22.9 Å². The summed E-state index contributed by atoms with van der Waals surface area (Å²) in [6.45, 7) is 8.44. The Balaban J connectivity index is 0.000000686. The Morgan fingerprint density at radius 2 is 2.18 bits per heavy atom. The normalized spacial score (nSPS) is 18.9. The summed E-state index contributed by atoms with van der Waals surface area (Å²) in [5.74, 6) is 1.75. The van der Waals surface area contributed by atoms with Crippen molar-refractivity contribution in [3.05, 3.63) is 23.9 Å². The molecule has 0 spiro atoms. The second kappa shape index (κ2) is 6.90. The van der Waals surface area contributed by atoms with Crippen LogP contribution in [0.25, 0.3) is 0 Å². The van der Waals surface area contributed by atoms with Gasteiger partial charge in [-0.15, -0.1) is 0 Å². The van der Waals surface area contributed by atoms with Crippen LogP contribution < -0.4 is 4.90 Å². The smallest absolute Gasteiger partial charge is 0.128 e. The fourth-order valence-electron chi connectivity index (χ4n) is 2.04. The van der Waals surface area contributed by atoms with Gasteiger partial charge in [-0.05, 0) is 30.9 Å². The fraction of sp³-hybridized carbons (Fsp3) is 0.571. The standard InChI is InChI=1S/C12H15N3.C2H6/c1-10-3-2-6-15(9-10)12-5-4-11(7-13)8-14-12;1-2/h4-5,8,10H,2-3,6,9H2,1H3;1-2H3. The van der Waals surface area contributed by atoms with Crippen molar-refractivity contribution in [1.82, 2.24) is 4.98 Å². The lowest BCUT2D eigenvalue weighted by atomic mass is 10.0. The van der Waals surface area contributed by atoms with E-state index in [0.717, 1.165) is 24.8 Å². The minimum absolute atomic E-state index is 0.629. The average molecular weight is 231 g/mol. The topological polar surface area (TPSA) is 39.9 Å². The lowest BCUT2D eigenvalue weighted by molar-refractivity contribution is 0.444. The van der Waals surface area contributed by atoms with E-state index in [1.807, 2.05) is 26.0 Å². The third-order valence-electron chi connectivity index (χ3n) is 2.86. The van der Waals surface area contributed by atoms with Crippen LogP contribution in [0.3, 0.4) is 0 Å². The summed E-state index contributed by atoms with van der Waals surface area (Å²) in [4.78, 5) is 6.61. The monoisotopic (exact) mass is 231 g/mol. The molecule has 1 unspecified atom stereocenters. The Labute approximate surface area is 104 Å². The van der Waals surface area contributed by atoms with Gasteiger partial charge in [0.25, 0.3) is 0 Å². The van der Waals surface area contributed by atoms with Crippen LogP contribution in [-0.4, -0.2) is 18.1 Å². The number of piperidine rings is 1. The predicted molar refractivity (Wildman–Crippen MR) is 70.9 cm³/mol. The average Bonchev–Trinajstić information content (AvgIpc) is 2.41. The first-order chi connectivity index (χ1) is 8.29. The van der Waals surface area contributed by atoms with E-state index < -0.39 is 0 Å². The first-order valence-electron chi connectivity index (χ1n) is 6.40. The lowest BCUT2D eigenvalue weighted by Crippen LogP contribution is -2.34. The molecule has 1 aromatic rings. The largest absolute Gasteiger partial charge is 0.356 e. The van der Waals surface area contributed by atoms with Crippen molar-refractivity contribution in [2.75, 3.05) is 18.0 Å². The van der Waals surface area contributed by atoms with Crippen molar-refractivity contribution in [2.45, 2.75) is 33.6 Å². The van der Waals surface area contributed by atoms with Gasteiger partial charge in [-0.2, -0.15) is 5.26 Å². The molecule has 0 saturated carbocycles. The fourth-order valence-corrected chi connectivity index (χ4v) is 2.04. The van der Waals surface area contributed by atoms with Gasteiger partial charge in [0.15, 0.2) is 0 Å². The zero-order valence-electron chi connectivity index (χ0n) is 11.0. The Morgan fingerprint density at radius 1 is 1.41 bits per heavy atom. The molecule has 1 aliphatic rings. The molecule has 0 aliphatic carbocycles. The van der Waals surface area contributed by atoms with Crippen molar-refractivity contribution in [3.63, 3.8) is 0 Å². The molecule has 0 aromatic carbocycles. The summed E-state index contributed by atoms with van der Waals surface area (Å²) in [6.07, 6.45) is 4.20. The Hall–Kier alpha value is -1.56. The van der Waals surface area contributed by atoms with Crippen molar-refractivity contribution in [1.29, 1.82) is 5.26 Å². The summed E-state index contributed by atoms with van der Waals surface area (Å²) in [5, 5.41) is 8.68. The Bertz CT molecular complexity index is 364. The first kappa shape index (κ1) is 13.5. The Kier molecular flexibility index (Phi) is 5.48. The number of hydrogen-bond acceptors (Lipinski definition) is 3. The van der Waals surface area contributed by atoms with Crippen molar-refractivity contribution >= 4 is 5.82 Å². The van der Waals surface area contributed by atoms with Crippen molar-refractivity contribution < 1.29 is 0 Å². The maximum absolute atomic E-state index is 8.68. The molecule has 1 atom stereocenters. The first-order valence-corrected chi connectivity index (χ1v) is 6.40. The molecule has 2 heterocycles. The molecule has 92 valence electrons. The molecule has 0 amide bonds. The van der Waals surface area contributed by atoms with Gasteiger partial charge in [-0.25, -0.2) is 4.98 Å². The third-order valence-corrected chi connectivity index (χ3v) is 2.86. The van der Waals surface area contributed by atoms with Crippen LogP contribution in [0.4, 0.5) is 5.82 Å². The zero-order chi connectivity index (χ0) is 12.7. The number of pyridine rings is 1. The predicted octanol–water partition coefficient (Wildman–Crippen LogP) is 3.22. The van der Waals surface area contributed by atoms with E-state index in [9.17, 15) is 0 Å². The summed E-state index contributed by atoms with van der Waals surface area (Å²) < 4.78 is 0. The van der Waals surface area contributed by atoms with Crippen LogP contribution >= 0.6 is 0 Å². The van der Waals surface area contributed by atoms with E-state index in [4.69, 9.17) is 5.26 Å². The molecule has 1 aliphatic heterocycles. The van der Waals surface area contributed by atoms with E-state index in [0.29, 0.717) is 5.56 Å². The SMILES string of the molecule is CC.CC1CCCN(c2ccc(C#N)cn2)C1. The maximum atomic E-state index is 8.68. The van der Waals surface area contributed by atoms with Crippen molar-refractivity contribution in [3.8, 4) is 6.07 Å². The van der Waals surface area contributed by atoms with Gasteiger partial charge in [0.2, 0.25) is 0 Å². The van der Waals surface area contributed by atoms with E-state index in [1.165, 1.54) is 12.8 Å². The zero-order valence-corrected chi connectivity index (χ0v) is 11.0. The molecule has 0 bridgehead atoms. The van der Waals surface area contributed by atoms with Crippen LogP contribution in [-0.2, 0) is 0 Å². The molecule has 0 N–H and O–H groups in total. The van der Waals surface area contributed by atoms with Gasteiger partial charge in [-0.3, -0.25) is 0 Å². The molecule has 0 radical (unpaired) electrons. The molecular formula is C14H21N3. The van der Waals surface area contributed by atoms with Crippen LogP contribution in [0.15, 0.2) is 18.3 Å². The maximum Gasteiger partial charge on any atom is 0.128 e. The highest BCUT2D eigenvalue weighted by Crippen LogP contribution is 2.20. The summed E-state index contributed by atoms with van der Waals surface area (Å²) >= 11 is 0. The number of nitrogens with zero attached hydrogens (tertiary/aromatic N) is 3. The van der Waals surface area contributed by atoms with E-state index in [-0.39, 0.29) is 0 Å². The van der Waals surface area contributed by atoms with Crippen LogP contribution in [0.1, 0.15) is 39.2 Å². The van der Waals surface area contributed by atoms with Gasteiger partial charge >= 0.3 is 0 Å². The quantitative estimate of drug-likeness (QED) is 0.745. The minimum Gasteiger partial charge on any atom is -0.356 e. The molecule has 3 nitrogen and oxygen atoms in total. The van der Waals surface area contributed by atoms with E-state index in [1.54, 1.807) is 6.20 Å². The van der Waals surface area contributed by atoms with Crippen LogP contribution in [0.5, 0.6) is 0 Å². The van der Waals surface area contributed by atoms with Gasteiger partial charge < -0.3 is 4.90 Å². The van der Waals surface area contributed by atoms with Gasteiger partial charge in [0.05, 0.1) is 5.56 Å². The highest BCUT2D eigenvalue weighted by atomic mass is 15.2. The van der Waals surface area contributed by atoms with Crippen LogP contribution in [0, 0.1) is 17.2 Å². The lowest BCUT2D eigenvalue weighted by Gasteiger charge is -2.31. The molecular weight excluding hydrogens is 210 g/mol. The van der Waals surface area contributed by atoms with Gasteiger partial charge in [0, 0.05) is 19.3 Å². The number of aromatic nitrogens is 1. The number of rotatable bonds is 1. The molecule has 2 rings (SSSR count). The molecule has 1 fully saturated rings. The van der Waals surface area contributed by atoms with Crippen LogP contribution in [0.2, 0.25) is 0 Å². The molecule has 3 heteroatoms. The second-order valence-corrected chi connectivity index (χ2v) is 4.21. The van der Waals surface area contributed by atoms with Crippen molar-refractivity contribution in [2.24, 2.45) is 5.92 Å². The number of hydrogen-bond donors (Lipinski definition) is 0. The minimum atomic E-state index is 0.629. The molecule has 1 saturated heterocycles. The van der Waals surface area contributed by atoms with Gasteiger partial charge in [0.1, 0.15) is 11.9 Å². The molecule has 1 aromatic heterocycles. The number of anilines is 1. The Morgan fingerprint density at radius 3 is 2.71 bits per heavy atom. The second-order valence-electron chi connectivity index (χ2n) is 4.21. The number of nitriles is 1. The highest BCUT2D eigenvalue weighted by Gasteiger charge is 2.17. The highest BCUT2D eigenvalue weighted by molar-refractivity contribution is 5.42. The van der Waals surface area contributed by atoms with Gasteiger partial charge in [-0.1, -0.05) is 20.8 Å².